The average Bonchev–Trinajstić information content (AvgIpc) is 2.39. The molecule has 0 fully saturated rings. The fourth-order valence-corrected chi connectivity index (χ4v) is 2.12. The van der Waals surface area contributed by atoms with Gasteiger partial charge in [-0.2, -0.15) is 0 Å². The Hall–Kier alpha value is -1.45. The Labute approximate surface area is 108 Å². The molecule has 0 bridgehead atoms. The molecule has 17 heavy (non-hydrogen) atoms. The molecule has 0 radical (unpaired) electrons. The average molecular weight is 291 g/mol. The summed E-state index contributed by atoms with van der Waals surface area (Å²) < 4.78 is 0.825. The standard InChI is InChI=1S/C14H11BrO2/c15-13-8-4-7-12(9-13)14(17,10-16)11-5-2-1-3-6-11/h1-10,17H. The van der Waals surface area contributed by atoms with E-state index in [2.05, 4.69) is 15.9 Å². The minimum atomic E-state index is -1.59. The van der Waals surface area contributed by atoms with E-state index >= 15 is 0 Å². The zero-order valence-electron chi connectivity index (χ0n) is 9.01. The predicted molar refractivity (Wildman–Crippen MR) is 69.6 cm³/mol. The highest BCUT2D eigenvalue weighted by atomic mass is 79.9. The summed E-state index contributed by atoms with van der Waals surface area (Å²) in [5, 5.41) is 10.5. The molecule has 0 aromatic heterocycles. The van der Waals surface area contributed by atoms with Crippen LogP contribution in [0.5, 0.6) is 0 Å². The smallest absolute Gasteiger partial charge is 0.170 e. The summed E-state index contributed by atoms with van der Waals surface area (Å²) in [6.07, 6.45) is 0.560. The first kappa shape index (κ1) is 12.0. The van der Waals surface area contributed by atoms with Crippen LogP contribution >= 0.6 is 15.9 Å². The Morgan fingerprint density at radius 2 is 1.65 bits per heavy atom. The number of hydrogen-bond donors (Lipinski definition) is 1. The monoisotopic (exact) mass is 290 g/mol. The molecule has 0 aliphatic heterocycles. The first-order chi connectivity index (χ1) is 8.16. The van der Waals surface area contributed by atoms with Crippen molar-refractivity contribution in [1.29, 1.82) is 0 Å². The third-order valence-corrected chi connectivity index (χ3v) is 3.14. The van der Waals surface area contributed by atoms with Crippen LogP contribution in [0.15, 0.2) is 59.1 Å². The van der Waals surface area contributed by atoms with E-state index in [0.29, 0.717) is 17.4 Å². The van der Waals surface area contributed by atoms with Gasteiger partial charge in [-0.1, -0.05) is 58.4 Å². The first-order valence-electron chi connectivity index (χ1n) is 5.17. The van der Waals surface area contributed by atoms with Crippen LogP contribution in [0.3, 0.4) is 0 Å². The van der Waals surface area contributed by atoms with Crippen LogP contribution in [0.4, 0.5) is 0 Å². The molecule has 0 aliphatic carbocycles. The first-order valence-corrected chi connectivity index (χ1v) is 5.96. The van der Waals surface area contributed by atoms with E-state index in [9.17, 15) is 9.90 Å². The highest BCUT2D eigenvalue weighted by molar-refractivity contribution is 9.10. The normalized spacial score (nSPS) is 14.0. The van der Waals surface area contributed by atoms with E-state index in [-0.39, 0.29) is 0 Å². The summed E-state index contributed by atoms with van der Waals surface area (Å²) in [6.45, 7) is 0. The van der Waals surface area contributed by atoms with E-state index in [1.165, 1.54) is 0 Å². The van der Waals surface area contributed by atoms with Gasteiger partial charge in [-0.05, 0) is 23.3 Å². The molecule has 1 atom stereocenters. The van der Waals surface area contributed by atoms with Gasteiger partial charge in [0.2, 0.25) is 0 Å². The molecule has 0 heterocycles. The SMILES string of the molecule is O=CC(O)(c1ccccc1)c1cccc(Br)c1. The summed E-state index contributed by atoms with van der Waals surface area (Å²) in [6, 6.07) is 16.0. The molecule has 0 amide bonds. The van der Waals surface area contributed by atoms with E-state index in [1.54, 1.807) is 42.5 Å². The van der Waals surface area contributed by atoms with E-state index in [1.807, 2.05) is 12.1 Å². The summed E-state index contributed by atoms with van der Waals surface area (Å²) >= 11 is 3.33. The number of carbonyl (C=O) groups excluding carboxylic acids is 1. The van der Waals surface area contributed by atoms with Crippen LogP contribution < -0.4 is 0 Å². The maximum absolute atomic E-state index is 11.3. The maximum atomic E-state index is 11.3. The Morgan fingerprint density at radius 1 is 1.00 bits per heavy atom. The number of aliphatic hydroxyl groups is 1. The molecule has 1 unspecified atom stereocenters. The van der Waals surface area contributed by atoms with Crippen LogP contribution in [0.25, 0.3) is 0 Å². The van der Waals surface area contributed by atoms with Crippen LogP contribution in [0.1, 0.15) is 11.1 Å². The summed E-state index contributed by atoms with van der Waals surface area (Å²) in [5.74, 6) is 0. The summed E-state index contributed by atoms with van der Waals surface area (Å²) in [4.78, 5) is 11.3. The topological polar surface area (TPSA) is 37.3 Å². The van der Waals surface area contributed by atoms with Crippen molar-refractivity contribution in [2.75, 3.05) is 0 Å². The van der Waals surface area contributed by atoms with Crippen molar-refractivity contribution in [3.8, 4) is 0 Å². The van der Waals surface area contributed by atoms with Gasteiger partial charge in [0.25, 0.3) is 0 Å². The molecule has 0 aliphatic rings. The zero-order chi connectivity index (χ0) is 12.3. The molecule has 0 saturated carbocycles. The Morgan fingerprint density at radius 3 is 2.24 bits per heavy atom. The van der Waals surface area contributed by atoms with Crippen molar-refractivity contribution in [2.24, 2.45) is 0 Å². The number of benzene rings is 2. The molecule has 2 nitrogen and oxygen atoms in total. The molecular formula is C14H11BrO2. The van der Waals surface area contributed by atoms with E-state index in [4.69, 9.17) is 0 Å². The number of carbonyl (C=O) groups is 1. The van der Waals surface area contributed by atoms with E-state index < -0.39 is 5.60 Å². The molecular weight excluding hydrogens is 280 g/mol. The molecule has 2 rings (SSSR count). The summed E-state index contributed by atoms with van der Waals surface area (Å²) in [5.41, 5.74) is -0.480. The summed E-state index contributed by atoms with van der Waals surface area (Å²) in [7, 11) is 0. The minimum Gasteiger partial charge on any atom is -0.373 e. The van der Waals surface area contributed by atoms with E-state index in [0.717, 1.165) is 4.47 Å². The molecule has 2 aromatic rings. The van der Waals surface area contributed by atoms with Gasteiger partial charge in [-0.3, -0.25) is 4.79 Å². The number of rotatable bonds is 3. The highest BCUT2D eigenvalue weighted by Gasteiger charge is 2.30. The second-order valence-electron chi connectivity index (χ2n) is 3.76. The van der Waals surface area contributed by atoms with Crippen molar-refractivity contribution < 1.29 is 9.90 Å². The molecule has 2 aromatic carbocycles. The lowest BCUT2D eigenvalue weighted by atomic mass is 9.88. The van der Waals surface area contributed by atoms with Crippen molar-refractivity contribution in [1.82, 2.24) is 0 Å². The van der Waals surface area contributed by atoms with Crippen LogP contribution in [-0.4, -0.2) is 11.4 Å². The van der Waals surface area contributed by atoms with Gasteiger partial charge >= 0.3 is 0 Å². The third kappa shape index (κ3) is 2.30. The number of aldehydes is 1. The van der Waals surface area contributed by atoms with Crippen molar-refractivity contribution in [3.05, 3.63) is 70.2 Å². The molecule has 0 saturated heterocycles. The highest BCUT2D eigenvalue weighted by Crippen LogP contribution is 2.29. The fraction of sp³-hybridized carbons (Fsp3) is 0.0714. The van der Waals surface area contributed by atoms with Gasteiger partial charge in [0.1, 0.15) is 0 Å². The van der Waals surface area contributed by atoms with Gasteiger partial charge in [0.15, 0.2) is 11.9 Å². The van der Waals surface area contributed by atoms with Crippen molar-refractivity contribution >= 4 is 22.2 Å². The van der Waals surface area contributed by atoms with Crippen LogP contribution in [-0.2, 0) is 10.4 Å². The quantitative estimate of drug-likeness (QED) is 0.883. The second kappa shape index (κ2) is 4.82. The van der Waals surface area contributed by atoms with Gasteiger partial charge in [-0.15, -0.1) is 0 Å². The fourth-order valence-electron chi connectivity index (χ4n) is 1.72. The van der Waals surface area contributed by atoms with Gasteiger partial charge in [0.05, 0.1) is 0 Å². The zero-order valence-corrected chi connectivity index (χ0v) is 10.6. The predicted octanol–water partition coefficient (Wildman–Crippen LogP) is 2.88. The van der Waals surface area contributed by atoms with Gasteiger partial charge in [-0.25, -0.2) is 0 Å². The van der Waals surface area contributed by atoms with Gasteiger partial charge in [0, 0.05) is 4.47 Å². The lowest BCUT2D eigenvalue weighted by Gasteiger charge is -2.22. The van der Waals surface area contributed by atoms with Crippen molar-refractivity contribution in [2.45, 2.75) is 5.60 Å². The third-order valence-electron chi connectivity index (χ3n) is 2.65. The van der Waals surface area contributed by atoms with Gasteiger partial charge < -0.3 is 5.11 Å². The van der Waals surface area contributed by atoms with Crippen molar-refractivity contribution in [3.63, 3.8) is 0 Å². The second-order valence-corrected chi connectivity index (χ2v) is 4.68. The molecule has 3 heteroatoms. The Bertz CT molecular complexity index is 525. The van der Waals surface area contributed by atoms with Crippen LogP contribution in [0.2, 0.25) is 0 Å². The van der Waals surface area contributed by atoms with Crippen LogP contribution in [0, 0.1) is 0 Å². The molecule has 86 valence electrons. The number of halogens is 1. The number of hydrogen-bond acceptors (Lipinski definition) is 2. The molecule has 0 spiro atoms. The lowest BCUT2D eigenvalue weighted by Crippen LogP contribution is -2.28. The lowest BCUT2D eigenvalue weighted by molar-refractivity contribution is -0.121. The minimum absolute atomic E-state index is 0.549. The molecule has 1 N–H and O–H groups in total. The Balaban J connectivity index is 2.56. The maximum Gasteiger partial charge on any atom is 0.170 e. The largest absolute Gasteiger partial charge is 0.373 e. The Kier molecular flexibility index (Phi) is 3.41.